The van der Waals surface area contributed by atoms with Crippen molar-refractivity contribution in [2.45, 2.75) is 57.0 Å². The lowest BCUT2D eigenvalue weighted by atomic mass is 9.90. The lowest BCUT2D eigenvalue weighted by Crippen LogP contribution is -2.49. The summed E-state index contributed by atoms with van der Waals surface area (Å²) in [5.74, 6) is 0.637. The Morgan fingerprint density at radius 2 is 1.76 bits per heavy atom. The van der Waals surface area contributed by atoms with E-state index < -0.39 is 0 Å². The fourth-order valence-electron chi connectivity index (χ4n) is 4.78. The minimum atomic E-state index is -0.329. The van der Waals surface area contributed by atoms with Crippen LogP contribution in [0.3, 0.4) is 0 Å². The van der Waals surface area contributed by atoms with E-state index in [9.17, 15) is 9.59 Å². The first-order valence-corrected chi connectivity index (χ1v) is 13.4. The van der Waals surface area contributed by atoms with Crippen LogP contribution in [-0.2, 0) is 9.59 Å². The molecule has 37 heavy (non-hydrogen) atoms. The molecule has 2 unspecified atom stereocenters. The first kappa shape index (κ1) is 28.2. The van der Waals surface area contributed by atoms with Crippen molar-refractivity contribution in [2.75, 3.05) is 33.2 Å². The molecule has 8 heteroatoms. The van der Waals surface area contributed by atoms with Crippen LogP contribution < -0.4 is 21.7 Å². The number of hydrogen-bond acceptors (Lipinski definition) is 4. The molecule has 2 amide bonds. The van der Waals surface area contributed by atoms with Gasteiger partial charge in [-0.25, -0.2) is 0 Å². The zero-order chi connectivity index (χ0) is 26.5. The van der Waals surface area contributed by atoms with Gasteiger partial charge >= 0.3 is 0 Å². The van der Waals surface area contributed by atoms with Crippen LogP contribution in [0.15, 0.2) is 65.7 Å². The van der Waals surface area contributed by atoms with Gasteiger partial charge in [-0.15, -0.1) is 0 Å². The van der Waals surface area contributed by atoms with Crippen LogP contribution in [0.1, 0.15) is 56.1 Å². The van der Waals surface area contributed by atoms with Crippen LogP contribution in [0.25, 0.3) is 0 Å². The molecule has 2 aromatic rings. The Kier molecular flexibility index (Phi) is 11.4. The highest BCUT2D eigenvalue weighted by atomic mass is 16.2. The number of nitrogens with zero attached hydrogens (tertiary/aromatic N) is 2. The molecule has 1 saturated heterocycles. The minimum absolute atomic E-state index is 0.0295. The molecule has 0 aromatic heterocycles. The first-order valence-electron chi connectivity index (χ1n) is 13.4. The van der Waals surface area contributed by atoms with E-state index in [1.807, 2.05) is 48.2 Å². The number of benzene rings is 2. The fraction of sp³-hybridized carbons (Fsp3) is 0.483. The summed E-state index contributed by atoms with van der Waals surface area (Å²) in [6, 6.07) is 20.5. The second-order valence-electron chi connectivity index (χ2n) is 9.59. The maximum absolute atomic E-state index is 13.8. The molecule has 0 saturated carbocycles. The highest BCUT2D eigenvalue weighted by molar-refractivity contribution is 5.82. The van der Waals surface area contributed by atoms with Gasteiger partial charge in [0.25, 0.3) is 0 Å². The zero-order valence-electron chi connectivity index (χ0n) is 22.2. The number of carbonyl (C=O) groups excluding carboxylic acids is 2. The van der Waals surface area contributed by atoms with Crippen LogP contribution in [0, 0.1) is 0 Å². The molecule has 2 atom stereocenters. The number of nitrogens with two attached hydrogens (primary N) is 1. The Labute approximate surface area is 221 Å². The number of hydrogen-bond donors (Lipinski definition) is 4. The largest absolute Gasteiger partial charge is 0.370 e. The quantitative estimate of drug-likeness (QED) is 0.201. The lowest BCUT2D eigenvalue weighted by molar-refractivity contribution is -0.133. The number of carbonyl (C=O) groups is 2. The van der Waals surface area contributed by atoms with Crippen LogP contribution in [0.4, 0.5) is 0 Å². The number of amides is 2. The summed E-state index contributed by atoms with van der Waals surface area (Å²) in [4.78, 5) is 31.8. The Hall–Kier alpha value is -3.39. The van der Waals surface area contributed by atoms with Crippen LogP contribution in [-0.4, -0.2) is 68.0 Å². The van der Waals surface area contributed by atoms with Gasteiger partial charge in [0.1, 0.15) is 0 Å². The molecule has 200 valence electrons. The van der Waals surface area contributed by atoms with E-state index in [-0.39, 0.29) is 29.8 Å². The lowest BCUT2D eigenvalue weighted by Gasteiger charge is -2.29. The van der Waals surface area contributed by atoms with E-state index in [1.54, 1.807) is 7.05 Å². The van der Waals surface area contributed by atoms with Gasteiger partial charge in [-0.05, 0) is 36.8 Å². The molecule has 1 heterocycles. The van der Waals surface area contributed by atoms with Gasteiger partial charge in [-0.1, -0.05) is 67.6 Å². The molecule has 0 aliphatic carbocycles. The summed E-state index contributed by atoms with van der Waals surface area (Å²) in [5, 5.41) is 9.66. The molecule has 3 rings (SSSR count). The highest BCUT2D eigenvalue weighted by Gasteiger charge is 2.32. The molecule has 1 aliphatic rings. The van der Waals surface area contributed by atoms with E-state index in [2.05, 4.69) is 45.2 Å². The molecule has 2 aromatic carbocycles. The number of aliphatic imine (C=N–C) groups is 1. The third-order valence-corrected chi connectivity index (χ3v) is 6.84. The molecular formula is C29H42N6O2. The van der Waals surface area contributed by atoms with Crippen molar-refractivity contribution in [2.24, 2.45) is 10.7 Å². The molecule has 0 radical (unpaired) electrons. The average molecular weight is 507 g/mol. The van der Waals surface area contributed by atoms with Crippen molar-refractivity contribution in [3.05, 3.63) is 71.8 Å². The average Bonchev–Trinajstić information content (AvgIpc) is 3.07. The van der Waals surface area contributed by atoms with Crippen molar-refractivity contribution < 1.29 is 9.59 Å². The summed E-state index contributed by atoms with van der Waals surface area (Å²) in [6.07, 6.45) is 3.54. The summed E-state index contributed by atoms with van der Waals surface area (Å²) >= 11 is 0. The van der Waals surface area contributed by atoms with Gasteiger partial charge in [-0.3, -0.25) is 14.6 Å². The second kappa shape index (κ2) is 15.0. The smallest absolute Gasteiger partial charge is 0.239 e. The van der Waals surface area contributed by atoms with Crippen LogP contribution >= 0.6 is 0 Å². The van der Waals surface area contributed by atoms with Gasteiger partial charge < -0.3 is 26.6 Å². The Bertz CT molecular complexity index is 958. The zero-order valence-corrected chi connectivity index (χ0v) is 22.2. The Balaban J connectivity index is 1.76. The third-order valence-electron chi connectivity index (χ3n) is 6.84. The molecule has 8 nitrogen and oxygen atoms in total. The molecule has 1 aliphatic heterocycles. The van der Waals surface area contributed by atoms with E-state index in [4.69, 9.17) is 5.73 Å². The van der Waals surface area contributed by atoms with E-state index in [0.29, 0.717) is 45.0 Å². The van der Waals surface area contributed by atoms with Gasteiger partial charge in [-0.2, -0.15) is 0 Å². The van der Waals surface area contributed by atoms with Crippen LogP contribution in [0.2, 0.25) is 0 Å². The van der Waals surface area contributed by atoms with Crippen LogP contribution in [0.5, 0.6) is 0 Å². The number of guanidine groups is 1. The summed E-state index contributed by atoms with van der Waals surface area (Å²) in [7, 11) is 1.64. The predicted octanol–water partition coefficient (Wildman–Crippen LogP) is 2.61. The second-order valence-corrected chi connectivity index (χ2v) is 9.59. The van der Waals surface area contributed by atoms with E-state index in [1.165, 1.54) is 11.1 Å². The van der Waals surface area contributed by atoms with Crippen molar-refractivity contribution in [3.8, 4) is 0 Å². The summed E-state index contributed by atoms with van der Waals surface area (Å²) in [6.45, 7) is 4.40. The van der Waals surface area contributed by atoms with E-state index in [0.717, 1.165) is 19.3 Å². The summed E-state index contributed by atoms with van der Waals surface area (Å²) in [5.41, 5.74) is 8.14. The van der Waals surface area contributed by atoms with Gasteiger partial charge in [0.15, 0.2) is 5.96 Å². The maximum Gasteiger partial charge on any atom is 0.239 e. The fourth-order valence-corrected chi connectivity index (χ4v) is 4.78. The molecule has 5 N–H and O–H groups in total. The Morgan fingerprint density at radius 1 is 1.11 bits per heavy atom. The first-order chi connectivity index (χ1) is 18.0. The number of nitrogens with one attached hydrogen (secondary N) is 3. The van der Waals surface area contributed by atoms with E-state index >= 15 is 0 Å². The van der Waals surface area contributed by atoms with Gasteiger partial charge in [0, 0.05) is 51.6 Å². The summed E-state index contributed by atoms with van der Waals surface area (Å²) < 4.78 is 0. The van der Waals surface area contributed by atoms with Crippen molar-refractivity contribution >= 4 is 17.8 Å². The predicted molar refractivity (Wildman–Crippen MR) is 149 cm³/mol. The number of rotatable bonds is 12. The SMILES string of the molecule is CCCC(=O)NCC1CCN(CC(c2ccccc2)c2ccccc2)C(=O)C(CCCNC(N)=NC)N1. The van der Waals surface area contributed by atoms with Crippen molar-refractivity contribution in [1.29, 1.82) is 0 Å². The van der Waals surface area contributed by atoms with Crippen molar-refractivity contribution in [3.63, 3.8) is 0 Å². The standard InChI is InChI=1S/C29H42N6O2/c1-3-11-27(36)33-20-24-17-19-35(28(37)26(34-24)16-10-18-32-29(30)31-2)21-25(22-12-6-4-7-13-22)23-14-8-5-9-15-23/h4-9,12-15,24-26,34H,3,10-11,16-21H2,1-2H3,(H,33,36)(H3,30,31,32). The monoisotopic (exact) mass is 506 g/mol. The highest BCUT2D eigenvalue weighted by Crippen LogP contribution is 2.27. The molecule has 1 fully saturated rings. The maximum atomic E-state index is 13.8. The van der Waals surface area contributed by atoms with Gasteiger partial charge in [0.05, 0.1) is 6.04 Å². The normalized spacial score (nSPS) is 18.5. The molecular weight excluding hydrogens is 464 g/mol. The molecule has 0 spiro atoms. The Morgan fingerprint density at radius 3 is 2.35 bits per heavy atom. The minimum Gasteiger partial charge on any atom is -0.370 e. The van der Waals surface area contributed by atoms with Crippen molar-refractivity contribution in [1.82, 2.24) is 20.9 Å². The molecule has 0 bridgehead atoms. The topological polar surface area (TPSA) is 112 Å². The van der Waals surface area contributed by atoms with Gasteiger partial charge in [0.2, 0.25) is 11.8 Å². The third kappa shape index (κ3) is 8.89.